The number of halogens is 1. The molecule has 4 rings (SSSR count). The van der Waals surface area contributed by atoms with Crippen molar-refractivity contribution >= 4 is 21.7 Å². The van der Waals surface area contributed by atoms with E-state index < -0.39 is 39.6 Å². The fourth-order valence-corrected chi connectivity index (χ4v) is 6.73. The molecule has 0 bridgehead atoms. The first-order valence-corrected chi connectivity index (χ1v) is 14.8. The predicted molar refractivity (Wildman–Crippen MR) is 149 cm³/mol. The lowest BCUT2D eigenvalue weighted by molar-refractivity contribution is 0.0830. The van der Waals surface area contributed by atoms with Gasteiger partial charge in [0, 0.05) is 36.8 Å². The zero-order chi connectivity index (χ0) is 29.1. The number of nitrogens with zero attached hydrogens (tertiary/aromatic N) is 2. The Labute approximate surface area is 235 Å². The average Bonchev–Trinajstić information content (AvgIpc) is 3.36. The first-order chi connectivity index (χ1) is 18.9. The summed E-state index contributed by atoms with van der Waals surface area (Å²) in [5.74, 6) is 5.21. The molecule has 0 spiro atoms. The second-order valence-corrected chi connectivity index (χ2v) is 12.6. The minimum absolute atomic E-state index is 0.0618. The second-order valence-electron chi connectivity index (χ2n) is 10.7. The Morgan fingerprint density at radius 1 is 1.25 bits per heavy atom. The van der Waals surface area contributed by atoms with Crippen molar-refractivity contribution < 1.29 is 32.6 Å². The summed E-state index contributed by atoms with van der Waals surface area (Å²) in [6.07, 6.45) is 2.37. The number of ether oxygens (including phenoxy) is 1. The lowest BCUT2D eigenvalue weighted by Crippen LogP contribution is -2.50. The molecule has 1 aliphatic carbocycles. The van der Waals surface area contributed by atoms with Gasteiger partial charge in [0.1, 0.15) is 28.2 Å². The second kappa shape index (κ2) is 12.1. The first-order valence-electron chi connectivity index (χ1n) is 13.4. The van der Waals surface area contributed by atoms with Gasteiger partial charge in [-0.2, -0.15) is 4.31 Å². The van der Waals surface area contributed by atoms with Gasteiger partial charge in [0.05, 0.1) is 13.2 Å². The van der Waals surface area contributed by atoms with Crippen molar-refractivity contribution in [1.82, 2.24) is 9.21 Å². The van der Waals surface area contributed by atoms with E-state index in [0.717, 1.165) is 12.8 Å². The van der Waals surface area contributed by atoms with Crippen LogP contribution in [0.5, 0.6) is 5.75 Å². The van der Waals surface area contributed by atoms with E-state index in [0.29, 0.717) is 24.1 Å². The van der Waals surface area contributed by atoms with E-state index in [1.54, 1.807) is 26.1 Å². The molecule has 9 nitrogen and oxygen atoms in total. The van der Waals surface area contributed by atoms with Crippen LogP contribution in [0, 0.1) is 23.6 Å². The number of anilines is 1. The van der Waals surface area contributed by atoms with Crippen molar-refractivity contribution in [2.45, 2.75) is 62.2 Å². The number of hydrogen-bond acceptors (Lipinski definition) is 6. The van der Waals surface area contributed by atoms with Crippen LogP contribution in [0.25, 0.3) is 0 Å². The van der Waals surface area contributed by atoms with Crippen molar-refractivity contribution in [3.63, 3.8) is 0 Å². The quantitative estimate of drug-likeness (QED) is 0.472. The molecular formula is C29H36FN3O6S. The number of carbonyl (C=O) groups is 1. The Morgan fingerprint density at radius 3 is 2.58 bits per heavy atom. The number of likely N-dealkylation sites (N-methyl/N-ethyl adjacent to an activating group) is 1. The molecule has 0 saturated heterocycles. The molecular weight excluding hydrogens is 537 g/mol. The summed E-state index contributed by atoms with van der Waals surface area (Å²) in [5.41, 5.74) is -0.135. The molecule has 40 heavy (non-hydrogen) atoms. The van der Waals surface area contributed by atoms with Gasteiger partial charge in [-0.15, -0.1) is 0 Å². The van der Waals surface area contributed by atoms with Crippen LogP contribution >= 0.6 is 0 Å². The SMILES string of the molecule is C[C@H](CO)N1C[C@H](C)[C@@H](CN(C)C(=O)Nc2ccc(F)cc2)Oc2cc(C#CC3(O)CCCC3)ccc2S1(=O)=O. The van der Waals surface area contributed by atoms with Gasteiger partial charge in [-0.3, -0.25) is 0 Å². The van der Waals surface area contributed by atoms with Crippen molar-refractivity contribution in [1.29, 1.82) is 0 Å². The third-order valence-electron chi connectivity index (χ3n) is 7.43. The van der Waals surface area contributed by atoms with Gasteiger partial charge in [0.25, 0.3) is 0 Å². The van der Waals surface area contributed by atoms with Crippen molar-refractivity contribution in [2.24, 2.45) is 5.92 Å². The first kappa shape index (κ1) is 29.8. The van der Waals surface area contributed by atoms with Crippen molar-refractivity contribution in [3.8, 4) is 17.6 Å². The highest BCUT2D eigenvalue weighted by atomic mass is 32.2. The summed E-state index contributed by atoms with van der Waals surface area (Å²) >= 11 is 0. The normalized spacial score (nSPS) is 22.4. The van der Waals surface area contributed by atoms with Crippen LogP contribution in [0.1, 0.15) is 45.1 Å². The number of sulfonamides is 1. The van der Waals surface area contributed by atoms with Gasteiger partial charge in [0.15, 0.2) is 0 Å². The van der Waals surface area contributed by atoms with E-state index in [9.17, 15) is 27.8 Å². The highest BCUT2D eigenvalue weighted by Crippen LogP contribution is 2.34. The summed E-state index contributed by atoms with van der Waals surface area (Å²) in [4.78, 5) is 14.2. The number of nitrogens with one attached hydrogen (secondary N) is 1. The number of aliphatic hydroxyl groups is 2. The maximum atomic E-state index is 13.7. The number of carbonyl (C=O) groups excluding carboxylic acids is 1. The molecule has 0 aromatic heterocycles. The lowest BCUT2D eigenvalue weighted by Gasteiger charge is -2.37. The van der Waals surface area contributed by atoms with E-state index in [-0.39, 0.29) is 36.3 Å². The van der Waals surface area contributed by atoms with Crippen LogP contribution in [0.2, 0.25) is 0 Å². The Hall–Kier alpha value is -3.17. The molecule has 2 aromatic carbocycles. The number of urea groups is 1. The number of fused-ring (bicyclic) bond motifs is 1. The number of rotatable bonds is 5. The Balaban J connectivity index is 1.65. The van der Waals surface area contributed by atoms with Gasteiger partial charge in [0.2, 0.25) is 10.0 Å². The molecule has 0 unspecified atom stereocenters. The highest BCUT2D eigenvalue weighted by molar-refractivity contribution is 7.89. The topological polar surface area (TPSA) is 119 Å². The highest BCUT2D eigenvalue weighted by Gasteiger charge is 2.38. The van der Waals surface area contributed by atoms with Gasteiger partial charge >= 0.3 is 6.03 Å². The number of aliphatic hydroxyl groups excluding tert-OH is 1. The summed E-state index contributed by atoms with van der Waals surface area (Å²) < 4.78 is 48.2. The van der Waals surface area contributed by atoms with Gasteiger partial charge < -0.3 is 25.2 Å². The standard InChI is InChI=1S/C29H36FN3O6S/c1-20-17-33(21(2)19-34)40(37,38)27-11-6-22(12-15-29(36)13-4-5-14-29)16-25(27)39-26(20)18-32(3)28(35)31-24-9-7-23(30)8-10-24/h6-11,16,20-21,26,34,36H,4-5,13-14,17-19H2,1-3H3,(H,31,35)/t20-,21+,26+/m0/s1. The van der Waals surface area contributed by atoms with Crippen LogP contribution in [0.15, 0.2) is 47.4 Å². The molecule has 1 fully saturated rings. The summed E-state index contributed by atoms with van der Waals surface area (Å²) in [6, 6.07) is 8.83. The van der Waals surface area contributed by atoms with Crippen LogP contribution in [0.3, 0.4) is 0 Å². The van der Waals surface area contributed by atoms with E-state index in [1.165, 1.54) is 39.5 Å². The maximum Gasteiger partial charge on any atom is 0.321 e. The van der Waals surface area contributed by atoms with Crippen LogP contribution < -0.4 is 10.1 Å². The third-order valence-corrected chi connectivity index (χ3v) is 9.45. The molecule has 1 saturated carbocycles. The van der Waals surface area contributed by atoms with Gasteiger partial charge in [-0.05, 0) is 75.1 Å². The van der Waals surface area contributed by atoms with Crippen LogP contribution in [0.4, 0.5) is 14.9 Å². The van der Waals surface area contributed by atoms with Crippen molar-refractivity contribution in [2.75, 3.05) is 32.1 Å². The summed E-state index contributed by atoms with van der Waals surface area (Å²) in [5, 5.41) is 23.2. The number of amides is 2. The van der Waals surface area contributed by atoms with E-state index in [2.05, 4.69) is 17.2 Å². The van der Waals surface area contributed by atoms with Crippen LogP contribution in [-0.2, 0) is 10.0 Å². The third kappa shape index (κ3) is 6.75. The predicted octanol–water partition coefficient (Wildman–Crippen LogP) is 3.41. The van der Waals surface area contributed by atoms with E-state index >= 15 is 0 Å². The molecule has 1 heterocycles. The molecule has 1 aliphatic heterocycles. The smallest absolute Gasteiger partial charge is 0.321 e. The number of hydrogen-bond donors (Lipinski definition) is 3. The fraction of sp³-hybridized carbons (Fsp3) is 0.483. The molecule has 2 amide bonds. The minimum Gasteiger partial charge on any atom is -0.487 e. The lowest BCUT2D eigenvalue weighted by atomic mass is 10.0. The molecule has 3 atom stereocenters. The summed E-state index contributed by atoms with van der Waals surface area (Å²) in [6.45, 7) is 3.27. The molecule has 3 N–H and O–H groups in total. The molecule has 216 valence electrons. The van der Waals surface area contributed by atoms with Gasteiger partial charge in [-0.1, -0.05) is 18.8 Å². The Bertz CT molecular complexity index is 1380. The van der Waals surface area contributed by atoms with Crippen molar-refractivity contribution in [3.05, 3.63) is 53.8 Å². The zero-order valence-corrected chi connectivity index (χ0v) is 23.7. The fourth-order valence-electron chi connectivity index (χ4n) is 4.90. The zero-order valence-electron chi connectivity index (χ0n) is 22.9. The van der Waals surface area contributed by atoms with E-state index in [1.807, 2.05) is 6.92 Å². The molecule has 2 aromatic rings. The average molecular weight is 574 g/mol. The Kier molecular flexibility index (Phi) is 9.05. The minimum atomic E-state index is -4.03. The maximum absolute atomic E-state index is 13.7. The number of benzene rings is 2. The van der Waals surface area contributed by atoms with E-state index in [4.69, 9.17) is 4.74 Å². The van der Waals surface area contributed by atoms with Crippen LogP contribution in [-0.4, -0.2) is 78.4 Å². The molecule has 0 radical (unpaired) electrons. The molecule has 2 aliphatic rings. The molecule has 11 heteroatoms. The summed E-state index contributed by atoms with van der Waals surface area (Å²) in [7, 11) is -2.44. The Morgan fingerprint density at radius 2 is 1.93 bits per heavy atom. The largest absolute Gasteiger partial charge is 0.487 e. The van der Waals surface area contributed by atoms with Gasteiger partial charge in [-0.25, -0.2) is 17.6 Å². The monoisotopic (exact) mass is 573 g/mol.